The summed E-state index contributed by atoms with van der Waals surface area (Å²) in [7, 11) is 0. The van der Waals surface area contributed by atoms with Crippen molar-refractivity contribution < 1.29 is 4.79 Å². The van der Waals surface area contributed by atoms with Crippen molar-refractivity contribution in [1.29, 1.82) is 0 Å². The zero-order valence-corrected chi connectivity index (χ0v) is 19.5. The van der Waals surface area contributed by atoms with Crippen LogP contribution in [0.1, 0.15) is 36.0 Å². The molecule has 8 heteroatoms. The monoisotopic (exact) mass is 462 g/mol. The van der Waals surface area contributed by atoms with Gasteiger partial charge in [0, 0.05) is 29.3 Å². The summed E-state index contributed by atoms with van der Waals surface area (Å²) in [6, 6.07) is 10.9. The minimum Gasteiger partial charge on any atom is -0.354 e. The number of carbonyl (C=O) groups excluding carboxylic acids is 1. The minimum absolute atomic E-state index is 0.114. The van der Waals surface area contributed by atoms with E-state index in [4.69, 9.17) is 23.2 Å². The fourth-order valence-electron chi connectivity index (χ4n) is 2.65. The summed E-state index contributed by atoms with van der Waals surface area (Å²) in [5, 5.41) is 7.40. The molecule has 0 bridgehead atoms. The van der Waals surface area contributed by atoms with E-state index in [-0.39, 0.29) is 11.3 Å². The summed E-state index contributed by atoms with van der Waals surface area (Å²) in [5.74, 6) is 0.471. The number of benzene rings is 1. The van der Waals surface area contributed by atoms with Crippen LogP contribution in [0, 0.1) is 5.41 Å². The number of amides is 1. The Morgan fingerprint density at radius 2 is 1.93 bits per heavy atom. The van der Waals surface area contributed by atoms with E-state index in [0.717, 1.165) is 22.7 Å². The largest absolute Gasteiger partial charge is 0.354 e. The Balaban J connectivity index is 1.59. The number of rotatable bonds is 7. The lowest BCUT2D eigenvalue weighted by Gasteiger charge is -2.18. The first kappa shape index (κ1) is 22.5. The molecular formula is C22H24Cl2N4OS. The Kier molecular flexibility index (Phi) is 7.34. The van der Waals surface area contributed by atoms with Crippen molar-refractivity contribution >= 4 is 46.4 Å². The van der Waals surface area contributed by atoms with Gasteiger partial charge in [-0.15, -0.1) is 11.3 Å². The molecule has 1 aromatic carbocycles. The van der Waals surface area contributed by atoms with Gasteiger partial charge in [-0.05, 0) is 47.7 Å². The van der Waals surface area contributed by atoms with Gasteiger partial charge in [0.25, 0.3) is 5.91 Å². The van der Waals surface area contributed by atoms with Gasteiger partial charge < -0.3 is 10.6 Å². The Morgan fingerprint density at radius 1 is 1.13 bits per heavy atom. The molecule has 2 aromatic heterocycles. The van der Waals surface area contributed by atoms with Gasteiger partial charge in [0.05, 0.1) is 15.4 Å². The molecule has 0 unspecified atom stereocenters. The molecule has 0 aliphatic heterocycles. The van der Waals surface area contributed by atoms with Gasteiger partial charge in [0.1, 0.15) is 0 Å². The van der Waals surface area contributed by atoms with Gasteiger partial charge in [0.2, 0.25) is 5.95 Å². The summed E-state index contributed by atoms with van der Waals surface area (Å²) in [5.41, 5.74) is 1.87. The summed E-state index contributed by atoms with van der Waals surface area (Å²) in [6.07, 6.45) is 2.36. The number of nitrogens with one attached hydrogen (secondary N) is 2. The predicted molar refractivity (Wildman–Crippen MR) is 126 cm³/mol. The summed E-state index contributed by atoms with van der Waals surface area (Å²) >= 11 is 13.5. The van der Waals surface area contributed by atoms with Crippen molar-refractivity contribution in [2.24, 2.45) is 5.41 Å². The highest BCUT2D eigenvalue weighted by atomic mass is 35.5. The van der Waals surface area contributed by atoms with Gasteiger partial charge in [-0.3, -0.25) is 4.79 Å². The zero-order valence-electron chi connectivity index (χ0n) is 17.1. The Labute approximate surface area is 190 Å². The maximum absolute atomic E-state index is 12.5. The highest BCUT2D eigenvalue weighted by Gasteiger charge is 2.13. The van der Waals surface area contributed by atoms with Crippen LogP contribution in [0.5, 0.6) is 0 Å². The van der Waals surface area contributed by atoms with E-state index in [9.17, 15) is 4.79 Å². The van der Waals surface area contributed by atoms with Gasteiger partial charge >= 0.3 is 0 Å². The van der Waals surface area contributed by atoms with Crippen molar-refractivity contribution in [1.82, 2.24) is 15.3 Å². The van der Waals surface area contributed by atoms with Crippen molar-refractivity contribution in [2.45, 2.75) is 27.2 Å². The maximum atomic E-state index is 12.5. The molecule has 0 saturated carbocycles. The van der Waals surface area contributed by atoms with Crippen molar-refractivity contribution in [3.05, 3.63) is 63.1 Å². The van der Waals surface area contributed by atoms with Crippen LogP contribution in [0.25, 0.3) is 10.6 Å². The Hall–Kier alpha value is -2.15. The number of anilines is 1. The molecule has 0 fully saturated rings. The van der Waals surface area contributed by atoms with Gasteiger partial charge in [-0.25, -0.2) is 9.97 Å². The molecular weight excluding hydrogens is 439 g/mol. The van der Waals surface area contributed by atoms with Crippen LogP contribution >= 0.6 is 34.5 Å². The fraction of sp³-hybridized carbons (Fsp3) is 0.318. The van der Waals surface area contributed by atoms with Crippen molar-refractivity contribution in [3.8, 4) is 10.6 Å². The van der Waals surface area contributed by atoms with Gasteiger partial charge in [-0.2, -0.15) is 0 Å². The van der Waals surface area contributed by atoms with Crippen LogP contribution < -0.4 is 10.6 Å². The molecule has 30 heavy (non-hydrogen) atoms. The molecule has 0 radical (unpaired) electrons. The number of thiophene rings is 1. The highest BCUT2D eigenvalue weighted by molar-refractivity contribution is 7.17. The molecule has 0 saturated heterocycles. The topological polar surface area (TPSA) is 66.9 Å². The lowest BCUT2D eigenvalue weighted by atomic mass is 9.97. The van der Waals surface area contributed by atoms with Crippen molar-refractivity contribution in [3.63, 3.8) is 0 Å². The van der Waals surface area contributed by atoms with Crippen LogP contribution in [-0.4, -0.2) is 29.0 Å². The van der Waals surface area contributed by atoms with Gasteiger partial charge in [0.15, 0.2) is 0 Å². The van der Waals surface area contributed by atoms with E-state index in [1.165, 1.54) is 11.3 Å². The van der Waals surface area contributed by atoms with E-state index >= 15 is 0 Å². The molecule has 0 aliphatic rings. The quantitative estimate of drug-likeness (QED) is 0.455. The minimum atomic E-state index is -0.114. The average Bonchev–Trinajstić information content (AvgIpc) is 3.18. The predicted octanol–water partition coefficient (Wildman–Crippen LogP) is 5.94. The second-order valence-corrected chi connectivity index (χ2v) is 10.0. The summed E-state index contributed by atoms with van der Waals surface area (Å²) in [6.45, 7) is 7.70. The van der Waals surface area contributed by atoms with Gasteiger partial charge in [-0.1, -0.05) is 50.0 Å². The van der Waals surface area contributed by atoms with Crippen LogP contribution in [0.4, 0.5) is 5.95 Å². The lowest BCUT2D eigenvalue weighted by Crippen LogP contribution is -2.24. The third-order valence-corrected chi connectivity index (χ3v) is 5.90. The maximum Gasteiger partial charge on any atom is 0.261 e. The Morgan fingerprint density at radius 3 is 2.67 bits per heavy atom. The molecule has 0 aliphatic carbocycles. The molecule has 0 atom stereocenters. The molecule has 3 aromatic rings. The number of hydrogen-bond acceptors (Lipinski definition) is 5. The molecule has 158 valence electrons. The van der Waals surface area contributed by atoms with E-state index in [2.05, 4.69) is 41.4 Å². The fourth-order valence-corrected chi connectivity index (χ4v) is 4.04. The number of hydrogen-bond donors (Lipinski definition) is 2. The summed E-state index contributed by atoms with van der Waals surface area (Å²) in [4.78, 5) is 22.9. The second kappa shape index (κ2) is 9.77. The summed E-state index contributed by atoms with van der Waals surface area (Å²) < 4.78 is 0. The van der Waals surface area contributed by atoms with Crippen LogP contribution in [-0.2, 0) is 6.42 Å². The van der Waals surface area contributed by atoms with E-state index in [1.807, 2.05) is 24.3 Å². The van der Waals surface area contributed by atoms with Crippen molar-refractivity contribution in [2.75, 3.05) is 18.4 Å². The molecule has 5 nitrogen and oxygen atoms in total. The first-order valence-corrected chi connectivity index (χ1v) is 11.2. The first-order valence-electron chi connectivity index (χ1n) is 9.60. The Bertz CT molecular complexity index is 1030. The first-order chi connectivity index (χ1) is 14.2. The lowest BCUT2D eigenvalue weighted by molar-refractivity contribution is 0.0958. The van der Waals surface area contributed by atoms with E-state index in [1.54, 1.807) is 18.3 Å². The third-order valence-electron chi connectivity index (χ3n) is 4.21. The standard InChI is InChI=1S/C22H24Cl2N4OS/c1-22(2,3)13-27-21-26-11-9-17(28-21)18-6-7-19(30-18)20(29)25-10-8-14-4-5-15(23)12-16(14)24/h4-7,9,11-12H,8,10,13H2,1-3H3,(H,25,29)(H,26,27,28). The second-order valence-electron chi connectivity index (χ2n) is 8.09. The number of carbonyl (C=O) groups is 1. The molecule has 2 heterocycles. The molecule has 2 N–H and O–H groups in total. The van der Waals surface area contributed by atoms with E-state index < -0.39 is 0 Å². The number of halogens is 2. The highest BCUT2D eigenvalue weighted by Crippen LogP contribution is 2.27. The molecule has 0 spiro atoms. The van der Waals surface area contributed by atoms with Crippen LogP contribution in [0.2, 0.25) is 10.0 Å². The average molecular weight is 463 g/mol. The molecule has 3 rings (SSSR count). The zero-order chi connectivity index (χ0) is 21.7. The number of nitrogens with zero attached hydrogens (tertiary/aromatic N) is 2. The van der Waals surface area contributed by atoms with E-state index in [0.29, 0.717) is 33.8 Å². The van der Waals surface area contributed by atoms with Crippen LogP contribution in [0.15, 0.2) is 42.6 Å². The smallest absolute Gasteiger partial charge is 0.261 e. The number of aromatic nitrogens is 2. The third kappa shape index (κ3) is 6.42. The normalized spacial score (nSPS) is 11.4. The molecule has 1 amide bonds. The van der Waals surface area contributed by atoms with Crippen LogP contribution in [0.3, 0.4) is 0 Å². The SMILES string of the molecule is CC(C)(C)CNc1nccc(-c2ccc(C(=O)NCCc3ccc(Cl)cc3Cl)s2)n1.